The van der Waals surface area contributed by atoms with Crippen molar-refractivity contribution in [3.05, 3.63) is 75.1 Å². The molecule has 0 aliphatic heterocycles. The summed E-state index contributed by atoms with van der Waals surface area (Å²) < 4.78 is 3.34. The summed E-state index contributed by atoms with van der Waals surface area (Å²) in [6.07, 6.45) is 1.62. The van der Waals surface area contributed by atoms with Crippen molar-refractivity contribution >= 4 is 32.4 Å². The van der Waals surface area contributed by atoms with E-state index in [0.29, 0.717) is 21.0 Å². The van der Waals surface area contributed by atoms with E-state index < -0.39 is 0 Å². The van der Waals surface area contributed by atoms with Crippen LogP contribution in [-0.2, 0) is 7.05 Å². The van der Waals surface area contributed by atoms with Crippen molar-refractivity contribution in [2.75, 3.05) is 5.32 Å². The summed E-state index contributed by atoms with van der Waals surface area (Å²) in [5.41, 5.74) is 1.30. The Bertz CT molecular complexity index is 1220. The molecule has 0 bridgehead atoms. The van der Waals surface area contributed by atoms with Gasteiger partial charge < -0.3 is 5.32 Å². The van der Waals surface area contributed by atoms with Crippen molar-refractivity contribution in [2.24, 2.45) is 7.05 Å². The monoisotopic (exact) mass is 365 g/mol. The zero-order valence-electron chi connectivity index (χ0n) is 14.1. The Morgan fingerprint density at radius 3 is 2.62 bits per heavy atom. The van der Waals surface area contributed by atoms with Crippen molar-refractivity contribution in [1.82, 2.24) is 19.3 Å². The molecule has 0 unspecified atom stereocenters. The molecule has 1 aromatic carbocycles. The number of hydrogen-bond acceptors (Lipinski definition) is 6. The Morgan fingerprint density at radius 2 is 1.85 bits per heavy atom. The predicted octanol–water partition coefficient (Wildman–Crippen LogP) is 2.59. The molecule has 1 N–H and O–H groups in total. The predicted molar refractivity (Wildman–Crippen MR) is 103 cm³/mol. The second-order valence-corrected chi connectivity index (χ2v) is 6.72. The summed E-state index contributed by atoms with van der Waals surface area (Å²) in [6.45, 7) is 1.84. The SMILES string of the molecule is Cc1c(Nc2nc(=O)c3cccnc3s2)c(=O)n(-c2ccccc2)n1C. The molecule has 0 spiro atoms. The van der Waals surface area contributed by atoms with Crippen LogP contribution < -0.4 is 16.4 Å². The maximum atomic E-state index is 12.9. The Balaban J connectivity index is 1.83. The Hall–Kier alpha value is -3.26. The fourth-order valence-corrected chi connectivity index (χ4v) is 3.62. The molecule has 8 heteroatoms. The van der Waals surface area contributed by atoms with Gasteiger partial charge in [-0.1, -0.05) is 29.5 Å². The number of aromatic nitrogens is 4. The number of benzene rings is 1. The lowest BCUT2D eigenvalue weighted by Gasteiger charge is -2.07. The number of pyridine rings is 1. The number of nitrogens with zero attached hydrogens (tertiary/aromatic N) is 4. The number of fused-ring (bicyclic) bond motifs is 1. The van der Waals surface area contributed by atoms with Crippen molar-refractivity contribution in [1.29, 1.82) is 0 Å². The minimum absolute atomic E-state index is 0.209. The molecule has 4 aromatic rings. The van der Waals surface area contributed by atoms with Crippen LogP contribution in [-0.4, -0.2) is 19.3 Å². The van der Waals surface area contributed by atoms with Gasteiger partial charge in [0.2, 0.25) is 0 Å². The largest absolute Gasteiger partial charge is 0.325 e. The Kier molecular flexibility index (Phi) is 3.89. The summed E-state index contributed by atoms with van der Waals surface area (Å²) in [7, 11) is 1.81. The molecule has 0 aliphatic carbocycles. The summed E-state index contributed by atoms with van der Waals surface area (Å²) in [4.78, 5) is 33.9. The highest BCUT2D eigenvalue weighted by Gasteiger charge is 2.17. The first-order valence-electron chi connectivity index (χ1n) is 7.93. The molecule has 3 aromatic heterocycles. The molecule has 26 heavy (non-hydrogen) atoms. The molecule has 0 aliphatic rings. The van der Waals surface area contributed by atoms with E-state index >= 15 is 0 Å². The third kappa shape index (κ3) is 2.60. The van der Waals surface area contributed by atoms with Gasteiger partial charge in [-0.05, 0) is 31.2 Å². The number of para-hydroxylation sites is 1. The maximum absolute atomic E-state index is 12.9. The number of anilines is 2. The standard InChI is InChI=1S/C18H15N5O2S/c1-11-14(17(25)23(22(11)2)12-7-4-3-5-8-12)20-18-21-15(24)13-9-6-10-19-16(13)26-18/h3-10H,1-2H3,(H,20,21,24). The molecule has 3 heterocycles. The lowest BCUT2D eigenvalue weighted by Crippen LogP contribution is -2.20. The van der Waals surface area contributed by atoms with E-state index in [4.69, 9.17) is 0 Å². The zero-order valence-corrected chi connectivity index (χ0v) is 14.9. The summed E-state index contributed by atoms with van der Waals surface area (Å²) in [5, 5.41) is 3.82. The molecule has 0 radical (unpaired) electrons. The van der Waals surface area contributed by atoms with Crippen molar-refractivity contribution in [3.63, 3.8) is 0 Å². The van der Waals surface area contributed by atoms with Crippen LogP contribution in [0.2, 0.25) is 0 Å². The first-order chi connectivity index (χ1) is 12.6. The summed E-state index contributed by atoms with van der Waals surface area (Å²) >= 11 is 1.23. The van der Waals surface area contributed by atoms with Gasteiger partial charge in [0.15, 0.2) is 5.13 Å². The Labute approximate surface area is 152 Å². The minimum atomic E-state index is -0.369. The average molecular weight is 365 g/mol. The quantitative estimate of drug-likeness (QED) is 0.603. The zero-order chi connectivity index (χ0) is 18.3. The highest BCUT2D eigenvalue weighted by atomic mass is 32.1. The van der Waals surface area contributed by atoms with Gasteiger partial charge in [0.25, 0.3) is 11.1 Å². The van der Waals surface area contributed by atoms with Crippen LogP contribution in [0.5, 0.6) is 0 Å². The van der Waals surface area contributed by atoms with Gasteiger partial charge in [0.05, 0.1) is 16.8 Å². The molecule has 4 rings (SSSR count). The molecule has 130 valence electrons. The number of nitrogens with one attached hydrogen (secondary N) is 1. The molecular formula is C18H15N5O2S. The molecular weight excluding hydrogens is 350 g/mol. The second kappa shape index (κ2) is 6.23. The normalized spacial score (nSPS) is 11.0. The van der Waals surface area contributed by atoms with Gasteiger partial charge in [0, 0.05) is 13.2 Å². The third-order valence-electron chi connectivity index (χ3n) is 4.18. The third-order valence-corrected chi connectivity index (χ3v) is 5.09. The fraction of sp³-hybridized carbons (Fsp3) is 0.111. The van der Waals surface area contributed by atoms with Gasteiger partial charge in [0.1, 0.15) is 10.5 Å². The number of rotatable bonds is 3. The lowest BCUT2D eigenvalue weighted by atomic mass is 10.3. The first kappa shape index (κ1) is 16.2. The van der Waals surface area contributed by atoms with E-state index in [9.17, 15) is 9.59 Å². The molecule has 0 atom stereocenters. The van der Waals surface area contributed by atoms with Crippen LogP contribution in [0.1, 0.15) is 5.69 Å². The maximum Gasteiger partial charge on any atom is 0.295 e. The van der Waals surface area contributed by atoms with Crippen LogP contribution in [0.25, 0.3) is 15.9 Å². The topological polar surface area (TPSA) is 81.8 Å². The fourth-order valence-electron chi connectivity index (χ4n) is 2.77. The summed E-state index contributed by atoms with van der Waals surface area (Å²) in [5.74, 6) is 0. The second-order valence-electron chi connectivity index (χ2n) is 5.74. The molecule has 0 saturated carbocycles. The smallest absolute Gasteiger partial charge is 0.295 e. The van der Waals surface area contributed by atoms with Gasteiger partial charge in [-0.25, -0.2) is 9.67 Å². The van der Waals surface area contributed by atoms with Crippen LogP contribution >= 0.6 is 11.3 Å². The van der Waals surface area contributed by atoms with Crippen LogP contribution in [0.4, 0.5) is 10.8 Å². The minimum Gasteiger partial charge on any atom is -0.325 e. The van der Waals surface area contributed by atoms with Crippen LogP contribution in [0.3, 0.4) is 0 Å². The van der Waals surface area contributed by atoms with Crippen molar-refractivity contribution in [2.45, 2.75) is 6.92 Å². The summed E-state index contributed by atoms with van der Waals surface area (Å²) in [6, 6.07) is 12.8. The van der Waals surface area contributed by atoms with E-state index in [-0.39, 0.29) is 11.1 Å². The van der Waals surface area contributed by atoms with Crippen molar-refractivity contribution < 1.29 is 0 Å². The van der Waals surface area contributed by atoms with Crippen LogP contribution in [0, 0.1) is 6.92 Å². The highest BCUT2D eigenvalue weighted by Crippen LogP contribution is 2.23. The van der Waals surface area contributed by atoms with Crippen molar-refractivity contribution in [3.8, 4) is 5.69 Å². The van der Waals surface area contributed by atoms with Gasteiger partial charge in [-0.3, -0.25) is 14.3 Å². The average Bonchev–Trinajstić information content (AvgIpc) is 2.86. The van der Waals surface area contributed by atoms with E-state index in [0.717, 1.165) is 11.4 Å². The van der Waals surface area contributed by atoms with E-state index in [1.807, 2.05) is 44.3 Å². The highest BCUT2D eigenvalue weighted by molar-refractivity contribution is 7.21. The molecule has 0 saturated heterocycles. The van der Waals surface area contributed by atoms with E-state index in [2.05, 4.69) is 15.3 Å². The molecule has 0 fully saturated rings. The van der Waals surface area contributed by atoms with Gasteiger partial charge >= 0.3 is 0 Å². The molecule has 0 amide bonds. The van der Waals surface area contributed by atoms with Gasteiger partial charge in [-0.2, -0.15) is 4.98 Å². The van der Waals surface area contributed by atoms with Crippen LogP contribution in [0.15, 0.2) is 58.3 Å². The van der Waals surface area contributed by atoms with E-state index in [1.54, 1.807) is 27.7 Å². The first-order valence-corrected chi connectivity index (χ1v) is 8.75. The lowest BCUT2D eigenvalue weighted by molar-refractivity contribution is 0.630. The number of hydrogen-bond donors (Lipinski definition) is 1. The van der Waals surface area contributed by atoms with Gasteiger partial charge in [-0.15, -0.1) is 0 Å². The van der Waals surface area contributed by atoms with E-state index in [1.165, 1.54) is 11.3 Å². The Morgan fingerprint density at radius 1 is 1.08 bits per heavy atom. The molecule has 7 nitrogen and oxygen atoms in total.